The van der Waals surface area contributed by atoms with Crippen LogP contribution in [-0.2, 0) is 28.7 Å². The van der Waals surface area contributed by atoms with Crippen molar-refractivity contribution in [1.82, 2.24) is 10.6 Å². The lowest BCUT2D eigenvalue weighted by Crippen LogP contribution is -2.41. The molecule has 0 heterocycles. The highest BCUT2D eigenvalue weighted by molar-refractivity contribution is 8.78. The number of unbranched alkanes of at least 4 members (excludes halogenated alkanes) is 1. The van der Waals surface area contributed by atoms with E-state index in [1.54, 1.807) is 0 Å². The van der Waals surface area contributed by atoms with Gasteiger partial charge in [0.25, 0.3) is 0 Å². The van der Waals surface area contributed by atoms with Crippen molar-refractivity contribution in [3.63, 3.8) is 0 Å². The monoisotopic (exact) mass is 530 g/mol. The molecule has 0 fully saturated rings. The first-order valence-electron chi connectivity index (χ1n) is 9.66. The molecule has 2 amide bonds. The molecule has 0 aromatic carbocycles. The lowest BCUT2D eigenvalue weighted by Gasteiger charge is -2.18. The van der Waals surface area contributed by atoms with E-state index in [0.29, 0.717) is 18.6 Å². The number of hydrogen-bond donors (Lipinski definition) is 4. The SMILES string of the molecule is COC(=O)CCCCC(CSSCC(NC(C)=O)C(=O)O)SSCC(NC(C)=O)C(=O)O. The summed E-state index contributed by atoms with van der Waals surface area (Å²) in [6, 6.07) is -1.96. The molecule has 0 radical (unpaired) electrons. The molecule has 3 unspecified atom stereocenters. The molecule has 32 heavy (non-hydrogen) atoms. The van der Waals surface area contributed by atoms with Crippen molar-refractivity contribution in [3.05, 3.63) is 0 Å². The number of esters is 1. The minimum Gasteiger partial charge on any atom is -0.480 e. The van der Waals surface area contributed by atoms with E-state index in [1.165, 1.54) is 64.1 Å². The summed E-state index contributed by atoms with van der Waals surface area (Å²) in [4.78, 5) is 56.0. The number of nitrogens with one attached hydrogen (secondary N) is 2. The fourth-order valence-corrected chi connectivity index (χ4v) is 8.13. The zero-order valence-corrected chi connectivity index (χ0v) is 21.4. The number of carboxylic acids is 2. The molecular weight excluding hydrogens is 500 g/mol. The minimum atomic E-state index is -1.11. The molecule has 4 N–H and O–H groups in total. The Morgan fingerprint density at radius 1 is 0.812 bits per heavy atom. The number of carbonyl (C=O) groups is 5. The van der Waals surface area contributed by atoms with Crippen LogP contribution in [0.5, 0.6) is 0 Å². The first-order valence-corrected chi connectivity index (χ1v) is 14.5. The van der Waals surface area contributed by atoms with Crippen LogP contribution in [0.15, 0.2) is 0 Å². The fraction of sp³-hybridized carbons (Fsp3) is 0.722. The van der Waals surface area contributed by atoms with Gasteiger partial charge < -0.3 is 25.6 Å². The van der Waals surface area contributed by atoms with Gasteiger partial charge in [-0.25, -0.2) is 9.59 Å². The van der Waals surface area contributed by atoms with Gasteiger partial charge in [-0.2, -0.15) is 0 Å². The number of aliphatic carboxylic acids is 2. The molecule has 0 aliphatic heterocycles. The number of rotatable bonds is 18. The average Bonchev–Trinajstić information content (AvgIpc) is 2.70. The molecule has 0 bridgehead atoms. The summed E-state index contributed by atoms with van der Waals surface area (Å²) in [5, 5.41) is 23.2. The average molecular weight is 531 g/mol. The van der Waals surface area contributed by atoms with E-state index in [2.05, 4.69) is 15.4 Å². The van der Waals surface area contributed by atoms with Crippen LogP contribution in [0.25, 0.3) is 0 Å². The number of carboxylic acid groups (broad SMARTS) is 2. The Balaban J connectivity index is 4.62. The van der Waals surface area contributed by atoms with Crippen molar-refractivity contribution in [2.24, 2.45) is 0 Å². The number of carbonyl (C=O) groups excluding carboxylic acids is 3. The van der Waals surface area contributed by atoms with Gasteiger partial charge in [0.15, 0.2) is 0 Å². The van der Waals surface area contributed by atoms with E-state index in [1.807, 2.05) is 0 Å². The standard InChI is InChI=1S/C18H30N2O8S4/c1-11(21)19-14(17(24)25)9-30-29-8-13(6-4-5-7-16(23)28-3)32-31-10-15(18(26)27)20-12(2)22/h13-15H,4-10H2,1-3H3,(H,19,21)(H,20,22)(H,24,25)(H,26,27). The molecule has 0 saturated heterocycles. The molecule has 0 aliphatic rings. The summed E-state index contributed by atoms with van der Waals surface area (Å²) in [5.41, 5.74) is 0. The third-order valence-corrected chi connectivity index (χ3v) is 9.36. The Bertz CT molecular complexity index is 638. The van der Waals surface area contributed by atoms with E-state index in [4.69, 9.17) is 5.11 Å². The number of methoxy groups -OCH3 is 1. The Kier molecular flexibility index (Phi) is 17.5. The normalized spacial score (nSPS) is 13.5. The summed E-state index contributed by atoms with van der Waals surface area (Å²) in [5.74, 6) is -2.25. The second-order valence-electron chi connectivity index (χ2n) is 6.58. The van der Waals surface area contributed by atoms with Crippen LogP contribution in [-0.4, -0.2) is 81.6 Å². The third kappa shape index (κ3) is 16.4. The van der Waals surface area contributed by atoms with Gasteiger partial charge in [-0.3, -0.25) is 14.4 Å². The Hall–Kier alpha value is -1.25. The van der Waals surface area contributed by atoms with Gasteiger partial charge in [-0.15, -0.1) is 0 Å². The largest absolute Gasteiger partial charge is 0.480 e. The Morgan fingerprint density at radius 3 is 1.78 bits per heavy atom. The molecule has 14 heteroatoms. The molecule has 0 saturated carbocycles. The van der Waals surface area contributed by atoms with E-state index in [9.17, 15) is 29.1 Å². The number of hydrogen-bond acceptors (Lipinski definition) is 10. The van der Waals surface area contributed by atoms with Crippen LogP contribution in [0.4, 0.5) is 0 Å². The van der Waals surface area contributed by atoms with Crippen molar-refractivity contribution in [1.29, 1.82) is 0 Å². The van der Waals surface area contributed by atoms with E-state index >= 15 is 0 Å². The summed E-state index contributed by atoms with van der Waals surface area (Å²) in [7, 11) is 6.98. The van der Waals surface area contributed by atoms with Crippen LogP contribution < -0.4 is 10.6 Å². The maximum absolute atomic E-state index is 11.3. The third-order valence-electron chi connectivity index (χ3n) is 3.75. The zero-order chi connectivity index (χ0) is 24.5. The highest BCUT2D eigenvalue weighted by Gasteiger charge is 2.21. The second kappa shape index (κ2) is 18.2. The number of amides is 2. The second-order valence-corrected chi connectivity index (χ2v) is 11.8. The lowest BCUT2D eigenvalue weighted by molar-refractivity contribution is -0.141. The van der Waals surface area contributed by atoms with Gasteiger partial charge in [-0.1, -0.05) is 49.6 Å². The van der Waals surface area contributed by atoms with Gasteiger partial charge >= 0.3 is 17.9 Å². The van der Waals surface area contributed by atoms with Gasteiger partial charge in [0.2, 0.25) is 11.8 Å². The van der Waals surface area contributed by atoms with Crippen LogP contribution in [0, 0.1) is 0 Å². The topological polar surface area (TPSA) is 159 Å². The van der Waals surface area contributed by atoms with Crippen LogP contribution in [0.1, 0.15) is 39.5 Å². The predicted molar refractivity (Wildman–Crippen MR) is 130 cm³/mol. The van der Waals surface area contributed by atoms with Crippen molar-refractivity contribution in [2.45, 2.75) is 56.9 Å². The van der Waals surface area contributed by atoms with Crippen molar-refractivity contribution < 1.29 is 38.9 Å². The number of ether oxygens (including phenoxy) is 1. The maximum Gasteiger partial charge on any atom is 0.327 e. The van der Waals surface area contributed by atoms with E-state index < -0.39 is 35.8 Å². The van der Waals surface area contributed by atoms with Crippen LogP contribution in [0.2, 0.25) is 0 Å². The zero-order valence-electron chi connectivity index (χ0n) is 18.2. The molecule has 3 atom stereocenters. The summed E-state index contributed by atoms with van der Waals surface area (Å²) < 4.78 is 4.63. The van der Waals surface area contributed by atoms with Crippen molar-refractivity contribution >= 4 is 72.9 Å². The van der Waals surface area contributed by atoms with E-state index in [-0.39, 0.29) is 22.7 Å². The highest BCUT2D eigenvalue weighted by Crippen LogP contribution is 2.35. The van der Waals surface area contributed by atoms with Crippen LogP contribution in [0.3, 0.4) is 0 Å². The minimum absolute atomic E-state index is 0.117. The quantitative estimate of drug-likeness (QED) is 0.116. The van der Waals surface area contributed by atoms with Crippen molar-refractivity contribution in [2.75, 3.05) is 24.4 Å². The molecule has 0 aromatic heterocycles. The fourth-order valence-electron chi connectivity index (χ4n) is 2.19. The van der Waals surface area contributed by atoms with Gasteiger partial charge in [0.05, 0.1) is 7.11 Å². The predicted octanol–water partition coefficient (Wildman–Crippen LogP) is 2.03. The molecular formula is C18H30N2O8S4. The van der Waals surface area contributed by atoms with Gasteiger partial charge in [0, 0.05) is 42.8 Å². The summed E-state index contributed by atoms with van der Waals surface area (Å²) >= 11 is 0. The molecule has 184 valence electrons. The molecule has 10 nitrogen and oxygen atoms in total. The smallest absolute Gasteiger partial charge is 0.327 e. The summed E-state index contributed by atoms with van der Waals surface area (Å²) in [6.07, 6.45) is 2.54. The first-order chi connectivity index (χ1) is 15.1. The Labute approximate surface area is 203 Å². The molecule has 0 spiro atoms. The van der Waals surface area contributed by atoms with Crippen molar-refractivity contribution in [3.8, 4) is 0 Å². The van der Waals surface area contributed by atoms with Gasteiger partial charge in [0.1, 0.15) is 12.1 Å². The Morgan fingerprint density at radius 2 is 1.31 bits per heavy atom. The molecule has 0 rings (SSSR count). The molecule has 0 aromatic rings. The molecule has 0 aliphatic carbocycles. The van der Waals surface area contributed by atoms with E-state index in [0.717, 1.165) is 12.8 Å². The highest BCUT2D eigenvalue weighted by atomic mass is 33.1. The van der Waals surface area contributed by atoms with Gasteiger partial charge in [-0.05, 0) is 12.8 Å². The first kappa shape index (κ1) is 30.8. The maximum atomic E-state index is 11.3. The van der Waals surface area contributed by atoms with Crippen LogP contribution >= 0.6 is 43.2 Å². The summed E-state index contributed by atoms with van der Waals surface area (Å²) in [6.45, 7) is 2.52. The lowest BCUT2D eigenvalue weighted by atomic mass is 10.1.